The molecule has 0 saturated heterocycles. The Bertz CT molecular complexity index is 238. The van der Waals surface area contributed by atoms with Gasteiger partial charge in [-0.1, -0.05) is 6.08 Å². The molecule has 1 unspecified atom stereocenters. The Hall–Kier alpha value is -0.830. The summed E-state index contributed by atoms with van der Waals surface area (Å²) in [6.45, 7) is 13.1. The van der Waals surface area contributed by atoms with Gasteiger partial charge in [0.05, 0.1) is 5.41 Å². The minimum absolute atomic E-state index is 0.00986. The fourth-order valence-corrected chi connectivity index (χ4v) is 1.01. The first kappa shape index (κ1) is 14.2. The summed E-state index contributed by atoms with van der Waals surface area (Å²) in [5.74, 6) is -0.00986. The van der Waals surface area contributed by atoms with Crippen LogP contribution in [-0.2, 0) is 4.79 Å². The van der Waals surface area contributed by atoms with Crippen LogP contribution in [0.4, 0.5) is 0 Å². The third-order valence-corrected chi connectivity index (χ3v) is 3.08. The van der Waals surface area contributed by atoms with Gasteiger partial charge in [-0.05, 0) is 41.0 Å². The van der Waals surface area contributed by atoms with Crippen molar-refractivity contribution in [2.24, 2.45) is 11.1 Å². The second kappa shape index (κ2) is 4.79. The Labute approximate surface area is 93.1 Å². The van der Waals surface area contributed by atoms with Crippen LogP contribution in [0, 0.1) is 5.41 Å². The highest BCUT2D eigenvalue weighted by molar-refractivity contribution is 5.83. The fourth-order valence-electron chi connectivity index (χ4n) is 1.01. The molecule has 0 aliphatic heterocycles. The molecule has 3 heteroatoms. The molecule has 15 heavy (non-hydrogen) atoms. The van der Waals surface area contributed by atoms with Crippen molar-refractivity contribution in [2.45, 2.75) is 52.6 Å². The molecule has 0 aliphatic rings. The van der Waals surface area contributed by atoms with Crippen LogP contribution in [0.25, 0.3) is 0 Å². The molecule has 3 N–H and O–H groups in total. The van der Waals surface area contributed by atoms with Gasteiger partial charge in [-0.25, -0.2) is 0 Å². The first-order valence-corrected chi connectivity index (χ1v) is 5.33. The molecule has 0 aromatic rings. The predicted octanol–water partition coefficient (Wildman–Crippen LogP) is 1.83. The number of rotatable bonds is 5. The maximum Gasteiger partial charge on any atom is 0.227 e. The van der Waals surface area contributed by atoms with E-state index >= 15 is 0 Å². The van der Waals surface area contributed by atoms with Crippen LogP contribution in [-0.4, -0.2) is 17.5 Å². The maximum atomic E-state index is 12.0. The van der Waals surface area contributed by atoms with Crippen LogP contribution in [0.1, 0.15) is 41.0 Å². The number of amides is 1. The number of nitrogens with two attached hydrogens (primary N) is 1. The summed E-state index contributed by atoms with van der Waals surface area (Å²) < 4.78 is 0. The molecule has 0 heterocycles. The molecule has 0 saturated carbocycles. The van der Waals surface area contributed by atoms with Crippen molar-refractivity contribution >= 4 is 5.91 Å². The van der Waals surface area contributed by atoms with E-state index in [9.17, 15) is 4.79 Å². The fraction of sp³-hybridized carbons (Fsp3) is 0.750. The van der Waals surface area contributed by atoms with Crippen LogP contribution < -0.4 is 11.1 Å². The maximum absolute atomic E-state index is 12.0. The lowest BCUT2D eigenvalue weighted by Crippen LogP contribution is -2.56. The summed E-state index contributed by atoms with van der Waals surface area (Å²) in [6.07, 6.45) is 2.57. The molecule has 0 fully saturated rings. The monoisotopic (exact) mass is 212 g/mol. The van der Waals surface area contributed by atoms with E-state index in [0.29, 0.717) is 0 Å². The van der Waals surface area contributed by atoms with Gasteiger partial charge in [-0.2, -0.15) is 0 Å². The number of nitrogens with one attached hydrogen (secondary N) is 1. The molecule has 0 aromatic heterocycles. The number of hydrogen-bond acceptors (Lipinski definition) is 2. The summed E-state index contributed by atoms with van der Waals surface area (Å²) in [5, 5.41) is 2.94. The van der Waals surface area contributed by atoms with Crippen LogP contribution >= 0.6 is 0 Å². The average Bonchev–Trinajstić information content (AvgIpc) is 2.02. The van der Waals surface area contributed by atoms with E-state index in [1.807, 2.05) is 34.6 Å². The third kappa shape index (κ3) is 3.67. The zero-order chi connectivity index (χ0) is 12.3. The Morgan fingerprint density at radius 1 is 1.47 bits per heavy atom. The van der Waals surface area contributed by atoms with Crippen molar-refractivity contribution in [3.8, 4) is 0 Å². The third-order valence-electron chi connectivity index (χ3n) is 3.08. The van der Waals surface area contributed by atoms with Crippen molar-refractivity contribution in [2.75, 3.05) is 0 Å². The lowest BCUT2D eigenvalue weighted by atomic mass is 9.74. The standard InChI is InChI=1S/C12H24N2O/c1-7-8-9(2)14-10(15)11(3,4)12(5,6)13/h7,9H,1,8,13H2,2-6H3,(H,14,15). The molecule has 1 amide bonds. The first-order valence-electron chi connectivity index (χ1n) is 5.33. The largest absolute Gasteiger partial charge is 0.353 e. The second-order valence-corrected chi connectivity index (χ2v) is 5.25. The lowest BCUT2D eigenvalue weighted by molar-refractivity contribution is -0.132. The van der Waals surface area contributed by atoms with E-state index in [4.69, 9.17) is 5.73 Å². The Balaban J connectivity index is 4.51. The molecule has 88 valence electrons. The highest BCUT2D eigenvalue weighted by Gasteiger charge is 2.40. The van der Waals surface area contributed by atoms with Crippen LogP contribution in [0.5, 0.6) is 0 Å². The molecule has 1 atom stereocenters. The van der Waals surface area contributed by atoms with Crippen LogP contribution in [0.3, 0.4) is 0 Å². The van der Waals surface area contributed by atoms with Gasteiger partial charge in [-0.3, -0.25) is 4.79 Å². The molecule has 0 rings (SSSR count). The quantitative estimate of drug-likeness (QED) is 0.683. The topological polar surface area (TPSA) is 55.1 Å². The zero-order valence-electron chi connectivity index (χ0n) is 10.6. The molecule has 0 aromatic carbocycles. The van der Waals surface area contributed by atoms with Gasteiger partial charge >= 0.3 is 0 Å². The molecule has 3 nitrogen and oxygen atoms in total. The Morgan fingerprint density at radius 2 is 1.93 bits per heavy atom. The lowest BCUT2D eigenvalue weighted by Gasteiger charge is -2.37. The molecule has 0 spiro atoms. The first-order chi connectivity index (χ1) is 6.63. The normalized spacial score (nSPS) is 14.5. The van der Waals surface area contributed by atoms with E-state index in [1.54, 1.807) is 6.08 Å². The SMILES string of the molecule is C=CCC(C)NC(=O)C(C)(C)C(C)(C)N. The van der Waals surface area contributed by atoms with Crippen molar-refractivity contribution in [3.63, 3.8) is 0 Å². The number of hydrogen-bond donors (Lipinski definition) is 2. The van der Waals surface area contributed by atoms with Gasteiger partial charge < -0.3 is 11.1 Å². The highest BCUT2D eigenvalue weighted by atomic mass is 16.2. The van der Waals surface area contributed by atoms with Gasteiger partial charge in [0.25, 0.3) is 0 Å². The molecular weight excluding hydrogens is 188 g/mol. The predicted molar refractivity (Wildman–Crippen MR) is 64.5 cm³/mol. The summed E-state index contributed by atoms with van der Waals surface area (Å²) in [7, 11) is 0. The van der Waals surface area contributed by atoms with Gasteiger partial charge in [0.15, 0.2) is 0 Å². The van der Waals surface area contributed by atoms with E-state index in [2.05, 4.69) is 11.9 Å². The Kier molecular flexibility index (Phi) is 4.53. The minimum atomic E-state index is -0.581. The van der Waals surface area contributed by atoms with Crippen LogP contribution in [0.15, 0.2) is 12.7 Å². The van der Waals surface area contributed by atoms with Gasteiger partial charge in [0.2, 0.25) is 5.91 Å². The van der Waals surface area contributed by atoms with E-state index in [0.717, 1.165) is 6.42 Å². The summed E-state index contributed by atoms with van der Waals surface area (Å²) in [5.41, 5.74) is 4.87. The minimum Gasteiger partial charge on any atom is -0.353 e. The van der Waals surface area contributed by atoms with Crippen molar-refractivity contribution < 1.29 is 4.79 Å². The number of carbonyl (C=O) groups is 1. The highest BCUT2D eigenvalue weighted by Crippen LogP contribution is 2.28. The van der Waals surface area contributed by atoms with Crippen LogP contribution in [0.2, 0.25) is 0 Å². The molecule has 0 aliphatic carbocycles. The number of carbonyl (C=O) groups excluding carboxylic acids is 1. The zero-order valence-corrected chi connectivity index (χ0v) is 10.6. The smallest absolute Gasteiger partial charge is 0.227 e. The van der Waals surface area contributed by atoms with E-state index < -0.39 is 11.0 Å². The molecule has 0 radical (unpaired) electrons. The van der Waals surface area contributed by atoms with Gasteiger partial charge in [0.1, 0.15) is 0 Å². The van der Waals surface area contributed by atoms with Gasteiger partial charge in [0, 0.05) is 11.6 Å². The summed E-state index contributed by atoms with van der Waals surface area (Å²) in [4.78, 5) is 12.0. The summed E-state index contributed by atoms with van der Waals surface area (Å²) in [6, 6.07) is 0.108. The Morgan fingerprint density at radius 3 is 2.27 bits per heavy atom. The van der Waals surface area contributed by atoms with E-state index in [1.165, 1.54) is 0 Å². The average molecular weight is 212 g/mol. The van der Waals surface area contributed by atoms with Gasteiger partial charge in [-0.15, -0.1) is 6.58 Å². The van der Waals surface area contributed by atoms with Crippen molar-refractivity contribution in [3.05, 3.63) is 12.7 Å². The van der Waals surface area contributed by atoms with E-state index in [-0.39, 0.29) is 11.9 Å². The van der Waals surface area contributed by atoms with Crippen molar-refractivity contribution in [1.29, 1.82) is 0 Å². The van der Waals surface area contributed by atoms with Crippen molar-refractivity contribution in [1.82, 2.24) is 5.32 Å². The molecule has 0 bridgehead atoms. The molecular formula is C12H24N2O. The summed E-state index contributed by atoms with van der Waals surface area (Å²) >= 11 is 0. The second-order valence-electron chi connectivity index (χ2n) is 5.25.